The number of rotatable bonds is 2. The van der Waals surface area contributed by atoms with Crippen LogP contribution in [0.5, 0.6) is 0 Å². The molecule has 0 aliphatic carbocycles. The zero-order valence-electron chi connectivity index (χ0n) is 14.3. The zero-order chi connectivity index (χ0) is 18.1. The van der Waals surface area contributed by atoms with Crippen LogP contribution < -0.4 is 5.32 Å². The van der Waals surface area contributed by atoms with E-state index in [0.29, 0.717) is 32.4 Å². The highest BCUT2D eigenvalue weighted by Crippen LogP contribution is 2.43. The van der Waals surface area contributed by atoms with Gasteiger partial charge in [-0.25, -0.2) is 4.39 Å². The van der Waals surface area contributed by atoms with Gasteiger partial charge in [0.25, 0.3) is 5.91 Å². The summed E-state index contributed by atoms with van der Waals surface area (Å²) in [6.07, 6.45) is 5.24. The molecule has 0 unspecified atom stereocenters. The minimum atomic E-state index is -0.499. The van der Waals surface area contributed by atoms with Gasteiger partial charge in [0.05, 0.1) is 11.1 Å². The third-order valence-electron chi connectivity index (χ3n) is 5.60. The fraction of sp³-hybridized carbons (Fsp3) is 0.350. The Bertz CT molecular complexity index is 832. The predicted molar refractivity (Wildman–Crippen MR) is 94.0 cm³/mol. The van der Waals surface area contributed by atoms with E-state index in [1.165, 1.54) is 12.1 Å². The van der Waals surface area contributed by atoms with E-state index in [0.717, 1.165) is 5.56 Å². The molecule has 134 valence electrons. The fourth-order valence-electron chi connectivity index (χ4n) is 4.22. The molecule has 2 saturated heterocycles. The van der Waals surface area contributed by atoms with E-state index in [2.05, 4.69) is 10.3 Å². The van der Waals surface area contributed by atoms with Crippen molar-refractivity contribution >= 4 is 11.8 Å². The lowest BCUT2D eigenvalue weighted by Gasteiger charge is -2.43. The van der Waals surface area contributed by atoms with Crippen molar-refractivity contribution in [3.8, 4) is 0 Å². The molecule has 1 spiro atoms. The lowest BCUT2D eigenvalue weighted by Crippen LogP contribution is -2.54. The minimum Gasteiger partial charge on any atom is -0.350 e. The van der Waals surface area contributed by atoms with Gasteiger partial charge in [-0.2, -0.15) is 0 Å². The number of pyridine rings is 1. The van der Waals surface area contributed by atoms with Gasteiger partial charge < -0.3 is 10.2 Å². The molecule has 1 N–H and O–H groups in total. The smallest absolute Gasteiger partial charge is 0.256 e. The van der Waals surface area contributed by atoms with Crippen LogP contribution in [0.2, 0.25) is 0 Å². The summed E-state index contributed by atoms with van der Waals surface area (Å²) in [7, 11) is 0. The maximum absolute atomic E-state index is 13.9. The van der Waals surface area contributed by atoms with E-state index in [1.807, 2.05) is 12.1 Å². The van der Waals surface area contributed by atoms with E-state index in [4.69, 9.17) is 0 Å². The van der Waals surface area contributed by atoms with Gasteiger partial charge in [0.15, 0.2) is 0 Å². The third kappa shape index (κ3) is 2.85. The summed E-state index contributed by atoms with van der Waals surface area (Å²) in [5, 5.41) is 3.16. The third-order valence-corrected chi connectivity index (χ3v) is 5.60. The van der Waals surface area contributed by atoms with Crippen LogP contribution >= 0.6 is 0 Å². The molecule has 26 heavy (non-hydrogen) atoms. The number of nitrogens with zero attached hydrogens (tertiary/aromatic N) is 2. The molecule has 1 aromatic heterocycles. The Morgan fingerprint density at radius 2 is 1.85 bits per heavy atom. The van der Waals surface area contributed by atoms with Crippen molar-refractivity contribution in [1.29, 1.82) is 0 Å². The van der Waals surface area contributed by atoms with Gasteiger partial charge in [-0.05, 0) is 42.7 Å². The van der Waals surface area contributed by atoms with Crippen LogP contribution in [-0.4, -0.2) is 40.3 Å². The Kier molecular flexibility index (Phi) is 4.18. The van der Waals surface area contributed by atoms with Crippen molar-refractivity contribution < 1.29 is 14.0 Å². The number of likely N-dealkylation sites (tertiary alicyclic amines) is 1. The molecule has 1 aromatic carbocycles. The summed E-state index contributed by atoms with van der Waals surface area (Å²) in [5.41, 5.74) is 0.849. The van der Waals surface area contributed by atoms with Gasteiger partial charge in [0.1, 0.15) is 5.82 Å². The number of carbonyl (C=O) groups is 2. The maximum Gasteiger partial charge on any atom is 0.256 e. The molecular formula is C20H20FN3O2. The first-order valence-corrected chi connectivity index (χ1v) is 8.84. The first kappa shape index (κ1) is 16.7. The van der Waals surface area contributed by atoms with Crippen LogP contribution in [0.1, 0.15) is 41.1 Å². The van der Waals surface area contributed by atoms with Gasteiger partial charge in [-0.3, -0.25) is 14.6 Å². The Hall–Kier alpha value is -2.76. The second-order valence-electron chi connectivity index (χ2n) is 7.01. The molecule has 4 rings (SSSR count). The highest BCUT2D eigenvalue weighted by atomic mass is 19.1. The maximum atomic E-state index is 13.9. The highest BCUT2D eigenvalue weighted by molar-refractivity contribution is 5.94. The number of benzene rings is 1. The number of aromatic nitrogens is 1. The van der Waals surface area contributed by atoms with E-state index < -0.39 is 5.82 Å². The monoisotopic (exact) mass is 353 g/mol. The number of amides is 2. The highest BCUT2D eigenvalue weighted by Gasteiger charge is 2.49. The molecule has 6 heteroatoms. The van der Waals surface area contributed by atoms with Gasteiger partial charge in [-0.15, -0.1) is 0 Å². The largest absolute Gasteiger partial charge is 0.350 e. The molecule has 5 nitrogen and oxygen atoms in total. The molecule has 2 aliphatic heterocycles. The van der Waals surface area contributed by atoms with Crippen molar-refractivity contribution in [2.24, 2.45) is 0 Å². The molecule has 3 heterocycles. The minimum absolute atomic E-state index is 0.0423. The van der Waals surface area contributed by atoms with Crippen molar-refractivity contribution in [1.82, 2.24) is 15.2 Å². The van der Waals surface area contributed by atoms with Gasteiger partial charge >= 0.3 is 0 Å². The number of hydrogen-bond donors (Lipinski definition) is 1. The predicted octanol–water partition coefficient (Wildman–Crippen LogP) is 2.50. The summed E-state index contributed by atoms with van der Waals surface area (Å²) in [4.78, 5) is 30.5. The summed E-state index contributed by atoms with van der Waals surface area (Å²) in [6.45, 7) is 0.990. The zero-order valence-corrected chi connectivity index (χ0v) is 14.3. The van der Waals surface area contributed by atoms with Crippen LogP contribution in [0.4, 0.5) is 4.39 Å². The first-order chi connectivity index (χ1) is 12.6. The van der Waals surface area contributed by atoms with Crippen molar-refractivity contribution in [2.45, 2.75) is 30.7 Å². The van der Waals surface area contributed by atoms with Gasteiger partial charge in [-0.1, -0.05) is 12.1 Å². The average Bonchev–Trinajstić information content (AvgIpc) is 2.98. The molecule has 0 saturated carbocycles. The molecule has 2 amide bonds. The van der Waals surface area contributed by atoms with Crippen LogP contribution in [0.3, 0.4) is 0 Å². The second kappa shape index (κ2) is 6.52. The van der Waals surface area contributed by atoms with E-state index in [-0.39, 0.29) is 28.8 Å². The normalized spacial score (nSPS) is 21.7. The number of nitrogens with one attached hydrogen (secondary N) is 1. The second-order valence-corrected chi connectivity index (χ2v) is 7.01. The topological polar surface area (TPSA) is 62.3 Å². The Morgan fingerprint density at radius 3 is 2.54 bits per heavy atom. The summed E-state index contributed by atoms with van der Waals surface area (Å²) < 4.78 is 13.9. The van der Waals surface area contributed by atoms with E-state index in [1.54, 1.807) is 29.4 Å². The summed E-state index contributed by atoms with van der Waals surface area (Å²) in [6, 6.07) is 9.95. The lowest BCUT2D eigenvalue weighted by molar-refractivity contribution is -0.120. The summed E-state index contributed by atoms with van der Waals surface area (Å²) in [5.74, 6) is -0.672. The standard InChI is InChI=1S/C20H20FN3O2/c21-17-4-2-1-3-15(17)19(26)24-11-7-20(8-12-24)16(13-18(25)23-20)14-5-9-22-10-6-14/h1-6,9-10,16H,7-8,11-13H2,(H,23,25)/t16-/m1/s1. The Balaban J connectivity index is 1.52. The van der Waals surface area contributed by atoms with Crippen LogP contribution in [-0.2, 0) is 4.79 Å². The van der Waals surface area contributed by atoms with E-state index >= 15 is 0 Å². The Labute approximate surface area is 151 Å². The molecule has 1 atom stereocenters. The van der Waals surface area contributed by atoms with Crippen molar-refractivity contribution in [3.05, 3.63) is 65.7 Å². The van der Waals surface area contributed by atoms with Crippen LogP contribution in [0.15, 0.2) is 48.8 Å². The van der Waals surface area contributed by atoms with Crippen LogP contribution in [0, 0.1) is 5.82 Å². The van der Waals surface area contributed by atoms with Crippen molar-refractivity contribution in [2.75, 3.05) is 13.1 Å². The molecular weight excluding hydrogens is 333 g/mol. The first-order valence-electron chi connectivity index (χ1n) is 8.84. The van der Waals surface area contributed by atoms with Crippen molar-refractivity contribution in [3.63, 3.8) is 0 Å². The SMILES string of the molecule is O=C1C[C@H](c2ccncc2)C2(CCN(C(=O)c3ccccc3F)CC2)N1. The Morgan fingerprint density at radius 1 is 1.15 bits per heavy atom. The molecule has 2 fully saturated rings. The van der Waals surface area contributed by atoms with Crippen LogP contribution in [0.25, 0.3) is 0 Å². The lowest BCUT2D eigenvalue weighted by atomic mass is 9.74. The number of carbonyl (C=O) groups excluding carboxylic acids is 2. The van der Waals surface area contributed by atoms with Gasteiger partial charge in [0, 0.05) is 37.8 Å². The fourth-order valence-corrected chi connectivity index (χ4v) is 4.22. The number of hydrogen-bond acceptors (Lipinski definition) is 3. The molecule has 2 aromatic rings. The molecule has 2 aliphatic rings. The average molecular weight is 353 g/mol. The quantitative estimate of drug-likeness (QED) is 0.902. The molecule has 0 radical (unpaired) electrons. The molecule has 0 bridgehead atoms. The van der Waals surface area contributed by atoms with E-state index in [9.17, 15) is 14.0 Å². The summed E-state index contributed by atoms with van der Waals surface area (Å²) >= 11 is 0. The number of halogens is 1. The number of piperidine rings is 1. The van der Waals surface area contributed by atoms with Gasteiger partial charge in [0.2, 0.25) is 5.91 Å².